The van der Waals surface area contributed by atoms with Crippen LogP contribution in [0.1, 0.15) is 0 Å². The van der Waals surface area contributed by atoms with E-state index in [2.05, 4.69) is 241 Å². The number of fused-ring (bicyclic) bond motifs is 11. The van der Waals surface area contributed by atoms with Gasteiger partial charge in [-0.1, -0.05) is 182 Å². The van der Waals surface area contributed by atoms with Gasteiger partial charge in [-0.05, 0) is 136 Å². The van der Waals surface area contributed by atoms with E-state index in [9.17, 15) is 0 Å². The Morgan fingerprint density at radius 2 is 0.797 bits per heavy atom. The van der Waals surface area contributed by atoms with E-state index in [4.69, 9.17) is 4.42 Å². The monoisotopic (exact) mass is 813 g/mol. The zero-order chi connectivity index (χ0) is 42.1. The van der Waals surface area contributed by atoms with Gasteiger partial charge in [-0.15, -0.1) is 0 Å². The van der Waals surface area contributed by atoms with E-state index in [1.807, 2.05) is 0 Å². The second kappa shape index (κ2) is 14.6. The molecule has 1 aromatic heterocycles. The first kappa shape index (κ1) is 36.2. The molecule has 0 fully saturated rings. The van der Waals surface area contributed by atoms with Crippen LogP contribution in [0.3, 0.4) is 0 Å². The van der Waals surface area contributed by atoms with Gasteiger partial charge in [-0.2, -0.15) is 0 Å². The van der Waals surface area contributed by atoms with Crippen LogP contribution in [-0.4, -0.2) is 0 Å². The first-order valence-corrected chi connectivity index (χ1v) is 22.0. The number of rotatable bonds is 6. The minimum Gasteiger partial charge on any atom is -0.455 e. The van der Waals surface area contributed by atoms with Gasteiger partial charge in [-0.25, -0.2) is 0 Å². The lowest BCUT2D eigenvalue weighted by Crippen LogP contribution is -2.10. The minimum absolute atomic E-state index is 0.862. The third-order valence-electron chi connectivity index (χ3n) is 13.2. The molecule has 0 aliphatic carbocycles. The van der Waals surface area contributed by atoms with Crippen LogP contribution in [0.25, 0.3) is 109 Å². The molecule has 0 N–H and O–H groups in total. The summed E-state index contributed by atoms with van der Waals surface area (Å²) < 4.78 is 6.75. The Kier molecular flexibility index (Phi) is 8.25. The summed E-state index contributed by atoms with van der Waals surface area (Å²) in [6.07, 6.45) is 0. The predicted molar refractivity (Wildman–Crippen MR) is 272 cm³/mol. The number of hydrogen-bond donors (Lipinski definition) is 0. The first-order valence-electron chi connectivity index (χ1n) is 22.0. The summed E-state index contributed by atoms with van der Waals surface area (Å²) >= 11 is 0. The van der Waals surface area contributed by atoms with Crippen LogP contribution >= 0.6 is 0 Å². The molecule has 0 saturated heterocycles. The van der Waals surface area contributed by atoms with Gasteiger partial charge in [0.25, 0.3) is 0 Å². The Hall–Kier alpha value is -8.46. The zero-order valence-electron chi connectivity index (χ0n) is 34.9. The highest BCUT2D eigenvalue weighted by Gasteiger charge is 2.21. The maximum atomic E-state index is 6.75. The normalized spacial score (nSPS) is 11.8. The Balaban J connectivity index is 0.959. The third kappa shape index (κ3) is 5.81. The van der Waals surface area contributed by atoms with Gasteiger partial charge in [0.05, 0.1) is 11.1 Å². The predicted octanol–water partition coefficient (Wildman–Crippen LogP) is 17.8. The molecular weight excluding hydrogens is 775 g/mol. The highest BCUT2D eigenvalue weighted by atomic mass is 16.3. The molecule has 0 unspecified atom stereocenters. The second-order valence-corrected chi connectivity index (χ2v) is 16.8. The van der Waals surface area contributed by atoms with Crippen LogP contribution in [0.5, 0.6) is 0 Å². The molecule has 0 atom stereocenters. The molecule has 2 nitrogen and oxygen atoms in total. The molecule has 13 rings (SSSR count). The van der Waals surface area contributed by atoms with Gasteiger partial charge in [0.2, 0.25) is 0 Å². The highest BCUT2D eigenvalue weighted by Crippen LogP contribution is 2.46. The summed E-state index contributed by atoms with van der Waals surface area (Å²) in [7, 11) is 0. The number of benzene rings is 12. The van der Waals surface area contributed by atoms with Crippen LogP contribution in [0.15, 0.2) is 241 Å². The van der Waals surface area contributed by atoms with Crippen LogP contribution in [-0.2, 0) is 0 Å². The fraction of sp³-hybridized carbons (Fsp3) is 0. The summed E-state index contributed by atoms with van der Waals surface area (Å²) in [5.41, 5.74) is 12.1. The Labute approximate surface area is 370 Å². The van der Waals surface area contributed by atoms with E-state index in [0.717, 1.165) is 60.9 Å². The molecule has 298 valence electrons. The smallest absolute Gasteiger partial charge is 0.143 e. The van der Waals surface area contributed by atoms with Gasteiger partial charge in [0, 0.05) is 22.1 Å². The largest absolute Gasteiger partial charge is 0.455 e. The van der Waals surface area contributed by atoms with Crippen molar-refractivity contribution in [3.63, 3.8) is 0 Å². The number of anilines is 3. The lowest BCUT2D eigenvalue weighted by Gasteiger charge is -2.27. The van der Waals surface area contributed by atoms with E-state index < -0.39 is 0 Å². The van der Waals surface area contributed by atoms with Crippen molar-refractivity contribution >= 4 is 92.9 Å². The molecule has 64 heavy (non-hydrogen) atoms. The van der Waals surface area contributed by atoms with Crippen molar-refractivity contribution in [3.05, 3.63) is 237 Å². The van der Waals surface area contributed by atoms with Gasteiger partial charge in [0.15, 0.2) is 0 Å². The molecule has 0 saturated carbocycles. The Bertz CT molecular complexity index is 3950. The molecule has 0 amide bonds. The Morgan fingerprint density at radius 1 is 0.281 bits per heavy atom. The molecule has 1 heterocycles. The van der Waals surface area contributed by atoms with E-state index >= 15 is 0 Å². The summed E-state index contributed by atoms with van der Waals surface area (Å²) in [6.45, 7) is 0. The second-order valence-electron chi connectivity index (χ2n) is 16.8. The highest BCUT2D eigenvalue weighted by molar-refractivity contribution is 6.20. The van der Waals surface area contributed by atoms with Crippen molar-refractivity contribution in [2.24, 2.45) is 0 Å². The Morgan fingerprint density at radius 3 is 1.44 bits per heavy atom. The summed E-state index contributed by atoms with van der Waals surface area (Å²) in [5.74, 6) is 0. The van der Waals surface area contributed by atoms with E-state index in [1.165, 1.54) is 65.3 Å². The molecule has 0 aliphatic heterocycles. The summed E-state index contributed by atoms with van der Waals surface area (Å²) in [4.78, 5) is 2.40. The third-order valence-corrected chi connectivity index (χ3v) is 13.2. The van der Waals surface area contributed by atoms with E-state index in [-0.39, 0.29) is 0 Å². The van der Waals surface area contributed by atoms with Gasteiger partial charge >= 0.3 is 0 Å². The molecule has 2 heteroatoms. The summed E-state index contributed by atoms with van der Waals surface area (Å²) in [6, 6.07) is 86.0. The molecule has 0 radical (unpaired) electrons. The van der Waals surface area contributed by atoms with Gasteiger partial charge in [0.1, 0.15) is 11.2 Å². The number of nitrogens with zero attached hydrogens (tertiary/aromatic N) is 1. The van der Waals surface area contributed by atoms with E-state index in [1.54, 1.807) is 0 Å². The molecule has 0 aliphatic rings. The van der Waals surface area contributed by atoms with Crippen molar-refractivity contribution in [1.82, 2.24) is 0 Å². The quantitative estimate of drug-likeness (QED) is 0.156. The average Bonchev–Trinajstić information content (AvgIpc) is 3.77. The number of furan rings is 1. The van der Waals surface area contributed by atoms with Crippen LogP contribution in [0.4, 0.5) is 17.1 Å². The molecule has 0 bridgehead atoms. The zero-order valence-corrected chi connectivity index (χ0v) is 34.9. The fourth-order valence-corrected chi connectivity index (χ4v) is 10.2. The maximum Gasteiger partial charge on any atom is 0.143 e. The standard InChI is InChI=1S/C62H39NO/c1-6-20-51-41(13-1)33-36-56-61-59(25-12-26-60(61)64-62(51)56)63(47-34-31-43(32-35-47)58-39-46-15-3-5-19-50(46)53-22-8-10-24-55(53)58)48-17-11-16-44(37-48)40-27-29-42(30-28-40)57-38-45-14-2-4-18-49(45)52-21-7-9-23-54(52)57/h1-39H. The first-order chi connectivity index (χ1) is 31.7. The van der Waals surface area contributed by atoms with Gasteiger partial charge in [-0.3, -0.25) is 0 Å². The average molecular weight is 814 g/mol. The molecule has 0 spiro atoms. The van der Waals surface area contributed by atoms with Gasteiger partial charge < -0.3 is 9.32 Å². The van der Waals surface area contributed by atoms with Crippen LogP contribution in [0.2, 0.25) is 0 Å². The molecule has 13 aromatic rings. The number of hydrogen-bond acceptors (Lipinski definition) is 2. The molecular formula is C62H39NO. The molecule has 12 aromatic carbocycles. The minimum atomic E-state index is 0.862. The lowest BCUT2D eigenvalue weighted by molar-refractivity contribution is 0.672. The van der Waals surface area contributed by atoms with Crippen molar-refractivity contribution in [1.29, 1.82) is 0 Å². The van der Waals surface area contributed by atoms with Crippen molar-refractivity contribution < 1.29 is 4.42 Å². The maximum absolute atomic E-state index is 6.75. The van der Waals surface area contributed by atoms with Crippen molar-refractivity contribution in [3.8, 4) is 33.4 Å². The SMILES string of the molecule is c1cc(-c2ccc(-c3cc4ccccc4c4ccccc34)cc2)cc(N(c2ccc(-c3cc4ccccc4c4ccccc34)cc2)c2cccc3oc4c5ccccc5ccc4c23)c1. The summed E-state index contributed by atoms with van der Waals surface area (Å²) in [5, 5.41) is 14.6. The lowest BCUT2D eigenvalue weighted by atomic mass is 9.92. The topological polar surface area (TPSA) is 16.4 Å². The van der Waals surface area contributed by atoms with Crippen LogP contribution in [0, 0.1) is 0 Å². The van der Waals surface area contributed by atoms with Crippen LogP contribution < -0.4 is 4.90 Å². The van der Waals surface area contributed by atoms with E-state index in [0.29, 0.717) is 0 Å². The fourth-order valence-electron chi connectivity index (χ4n) is 10.2. The van der Waals surface area contributed by atoms with Crippen molar-refractivity contribution in [2.45, 2.75) is 0 Å². The van der Waals surface area contributed by atoms with Crippen molar-refractivity contribution in [2.75, 3.05) is 4.90 Å².